The molecular weight excluding hydrogens is 176 g/mol. The van der Waals surface area contributed by atoms with Gasteiger partial charge in [0.2, 0.25) is 0 Å². The van der Waals surface area contributed by atoms with Crippen molar-refractivity contribution in [1.29, 1.82) is 0 Å². The summed E-state index contributed by atoms with van der Waals surface area (Å²) in [6.07, 6.45) is 4.93. The third-order valence-corrected chi connectivity index (χ3v) is 2.93. The van der Waals surface area contributed by atoms with Gasteiger partial charge in [0, 0.05) is 25.2 Å². The van der Waals surface area contributed by atoms with Crippen LogP contribution in [0.1, 0.15) is 29.6 Å². The minimum Gasteiger partial charge on any atom is -0.353 e. The molecule has 0 N–H and O–H groups in total. The smallest absolute Gasteiger partial charge is 0.168 e. The molecule has 1 fully saturated rings. The molecule has 1 saturated carbocycles. The van der Waals surface area contributed by atoms with Gasteiger partial charge in [0.1, 0.15) is 5.82 Å². The van der Waals surface area contributed by atoms with Crippen LogP contribution < -0.4 is 4.90 Å². The molecule has 0 atom stereocenters. The first-order valence-electron chi connectivity index (χ1n) is 5.11. The maximum absolute atomic E-state index is 11.6. The Bertz CT molecular complexity index is 385. The number of anilines is 1. The Morgan fingerprint density at radius 1 is 1.43 bits per heavy atom. The summed E-state index contributed by atoms with van der Waals surface area (Å²) in [7, 11) is 0. The first kappa shape index (κ1) is 7.97. The van der Waals surface area contributed by atoms with Gasteiger partial charge in [0.25, 0.3) is 0 Å². The van der Waals surface area contributed by atoms with E-state index in [1.54, 1.807) is 6.20 Å². The molecule has 3 rings (SSSR count). The minimum atomic E-state index is 0.241. The number of hydrogen-bond donors (Lipinski definition) is 0. The fraction of sp³-hybridized carbons (Fsp3) is 0.455. The summed E-state index contributed by atoms with van der Waals surface area (Å²) in [6.45, 7) is 0.855. The molecule has 0 amide bonds. The van der Waals surface area contributed by atoms with E-state index in [1.165, 1.54) is 12.8 Å². The first-order valence-corrected chi connectivity index (χ1v) is 5.11. The fourth-order valence-corrected chi connectivity index (χ4v) is 2.05. The van der Waals surface area contributed by atoms with Gasteiger partial charge >= 0.3 is 0 Å². The molecule has 3 nitrogen and oxygen atoms in total. The molecule has 0 bridgehead atoms. The summed E-state index contributed by atoms with van der Waals surface area (Å²) in [5, 5.41) is 0. The molecule has 0 unspecified atom stereocenters. The van der Waals surface area contributed by atoms with Gasteiger partial charge in [-0.1, -0.05) is 0 Å². The van der Waals surface area contributed by atoms with Crippen molar-refractivity contribution >= 4 is 11.6 Å². The molecule has 14 heavy (non-hydrogen) atoms. The van der Waals surface area contributed by atoms with Gasteiger partial charge in [-0.25, -0.2) is 4.98 Å². The Kier molecular flexibility index (Phi) is 1.60. The quantitative estimate of drug-likeness (QED) is 0.671. The SMILES string of the molecule is O=C1CCN(C2CC2)c2ncccc21. The first-order chi connectivity index (χ1) is 6.86. The largest absolute Gasteiger partial charge is 0.353 e. The molecule has 72 valence electrons. The number of pyridine rings is 1. The highest BCUT2D eigenvalue weighted by molar-refractivity contribution is 6.02. The van der Waals surface area contributed by atoms with Crippen molar-refractivity contribution in [3.05, 3.63) is 23.9 Å². The molecular formula is C11H12N2O. The van der Waals surface area contributed by atoms with Crippen LogP contribution in [0.3, 0.4) is 0 Å². The lowest BCUT2D eigenvalue weighted by Crippen LogP contribution is -2.34. The van der Waals surface area contributed by atoms with E-state index in [4.69, 9.17) is 0 Å². The van der Waals surface area contributed by atoms with Gasteiger partial charge in [-0.2, -0.15) is 0 Å². The molecule has 2 aliphatic rings. The minimum absolute atomic E-state index is 0.241. The average molecular weight is 188 g/mol. The summed E-state index contributed by atoms with van der Waals surface area (Å²) < 4.78 is 0. The number of rotatable bonds is 1. The van der Waals surface area contributed by atoms with Crippen LogP contribution in [0.2, 0.25) is 0 Å². The molecule has 1 aromatic heterocycles. The molecule has 0 radical (unpaired) electrons. The van der Waals surface area contributed by atoms with Crippen molar-refractivity contribution in [1.82, 2.24) is 4.98 Å². The highest BCUT2D eigenvalue weighted by Gasteiger charge is 2.34. The lowest BCUT2D eigenvalue weighted by Gasteiger charge is -2.28. The molecule has 0 spiro atoms. The van der Waals surface area contributed by atoms with Crippen molar-refractivity contribution in [2.45, 2.75) is 25.3 Å². The summed E-state index contributed by atoms with van der Waals surface area (Å²) in [5.74, 6) is 1.15. The fourth-order valence-electron chi connectivity index (χ4n) is 2.05. The van der Waals surface area contributed by atoms with Crippen LogP contribution in [0.4, 0.5) is 5.82 Å². The van der Waals surface area contributed by atoms with Crippen LogP contribution in [0.5, 0.6) is 0 Å². The lowest BCUT2D eigenvalue weighted by atomic mass is 10.0. The number of nitrogens with zero attached hydrogens (tertiary/aromatic N) is 2. The molecule has 2 heterocycles. The van der Waals surface area contributed by atoms with Crippen LogP contribution in [0.25, 0.3) is 0 Å². The monoisotopic (exact) mass is 188 g/mol. The second kappa shape index (κ2) is 2.80. The Morgan fingerprint density at radius 3 is 3.07 bits per heavy atom. The molecule has 1 aliphatic heterocycles. The summed E-state index contributed by atoms with van der Waals surface area (Å²) in [6, 6.07) is 4.38. The average Bonchev–Trinajstić information content (AvgIpc) is 3.03. The Hall–Kier alpha value is -1.38. The van der Waals surface area contributed by atoms with Gasteiger partial charge in [-0.3, -0.25) is 4.79 Å². The summed E-state index contributed by atoms with van der Waals surface area (Å²) >= 11 is 0. The van der Waals surface area contributed by atoms with E-state index < -0.39 is 0 Å². The lowest BCUT2D eigenvalue weighted by molar-refractivity contribution is 0.0979. The van der Waals surface area contributed by atoms with E-state index in [-0.39, 0.29) is 5.78 Å². The van der Waals surface area contributed by atoms with Crippen molar-refractivity contribution in [3.8, 4) is 0 Å². The molecule has 0 aromatic carbocycles. The van der Waals surface area contributed by atoms with Crippen LogP contribution in [-0.2, 0) is 0 Å². The zero-order chi connectivity index (χ0) is 9.54. The maximum Gasteiger partial charge on any atom is 0.168 e. The van der Waals surface area contributed by atoms with Crippen LogP contribution in [0.15, 0.2) is 18.3 Å². The van der Waals surface area contributed by atoms with Crippen molar-refractivity contribution in [2.24, 2.45) is 0 Å². The second-order valence-corrected chi connectivity index (χ2v) is 3.97. The van der Waals surface area contributed by atoms with Crippen LogP contribution in [-0.4, -0.2) is 23.4 Å². The highest BCUT2D eigenvalue weighted by atomic mass is 16.1. The predicted molar refractivity (Wildman–Crippen MR) is 53.6 cm³/mol. The van der Waals surface area contributed by atoms with E-state index >= 15 is 0 Å². The number of carbonyl (C=O) groups excluding carboxylic acids is 1. The van der Waals surface area contributed by atoms with Gasteiger partial charge in [-0.05, 0) is 25.0 Å². The van der Waals surface area contributed by atoms with E-state index in [9.17, 15) is 4.79 Å². The number of Topliss-reactive ketones (excluding diaryl/α,β-unsaturated/α-hetero) is 1. The number of hydrogen-bond acceptors (Lipinski definition) is 3. The normalized spacial score (nSPS) is 20.9. The van der Waals surface area contributed by atoms with E-state index in [0.29, 0.717) is 12.5 Å². The zero-order valence-corrected chi connectivity index (χ0v) is 7.94. The third kappa shape index (κ3) is 1.12. The number of aromatic nitrogens is 1. The zero-order valence-electron chi connectivity index (χ0n) is 7.94. The topological polar surface area (TPSA) is 33.2 Å². The predicted octanol–water partition coefficient (Wildman–Crippen LogP) is 1.64. The number of fused-ring (bicyclic) bond motifs is 1. The molecule has 1 aromatic rings. The maximum atomic E-state index is 11.6. The van der Waals surface area contributed by atoms with Crippen molar-refractivity contribution in [3.63, 3.8) is 0 Å². The Morgan fingerprint density at radius 2 is 2.29 bits per heavy atom. The highest BCUT2D eigenvalue weighted by Crippen LogP contribution is 2.35. The Labute approximate surface area is 82.8 Å². The van der Waals surface area contributed by atoms with E-state index in [2.05, 4.69) is 9.88 Å². The molecule has 3 heteroatoms. The van der Waals surface area contributed by atoms with E-state index in [0.717, 1.165) is 17.9 Å². The summed E-state index contributed by atoms with van der Waals surface area (Å²) in [4.78, 5) is 18.2. The standard InChI is InChI=1S/C11H12N2O/c14-10-5-7-13(8-3-4-8)11-9(10)2-1-6-12-11/h1-2,6,8H,3-5,7H2. The van der Waals surface area contributed by atoms with Crippen molar-refractivity contribution in [2.75, 3.05) is 11.4 Å². The number of ketones is 1. The summed E-state index contributed by atoms with van der Waals surface area (Å²) in [5.41, 5.74) is 0.811. The van der Waals surface area contributed by atoms with Crippen LogP contribution >= 0.6 is 0 Å². The Balaban J connectivity index is 2.06. The molecule has 0 saturated heterocycles. The van der Waals surface area contributed by atoms with Crippen molar-refractivity contribution < 1.29 is 4.79 Å². The van der Waals surface area contributed by atoms with Crippen LogP contribution in [0, 0.1) is 0 Å². The third-order valence-electron chi connectivity index (χ3n) is 2.93. The van der Waals surface area contributed by atoms with E-state index in [1.807, 2.05) is 12.1 Å². The van der Waals surface area contributed by atoms with Gasteiger partial charge in [0.05, 0.1) is 5.56 Å². The molecule has 1 aliphatic carbocycles. The second-order valence-electron chi connectivity index (χ2n) is 3.97. The van der Waals surface area contributed by atoms with Gasteiger partial charge < -0.3 is 4.90 Å². The number of carbonyl (C=O) groups is 1. The van der Waals surface area contributed by atoms with Gasteiger partial charge in [-0.15, -0.1) is 0 Å². The van der Waals surface area contributed by atoms with Gasteiger partial charge in [0.15, 0.2) is 5.78 Å².